The fourth-order valence-corrected chi connectivity index (χ4v) is 4.03. The topological polar surface area (TPSA) is 92.7 Å². The van der Waals surface area contributed by atoms with E-state index in [1.807, 2.05) is 48.5 Å². The molecule has 6 nitrogen and oxygen atoms in total. The van der Waals surface area contributed by atoms with Crippen molar-refractivity contribution in [2.24, 2.45) is 0 Å². The maximum atomic E-state index is 13.3. The van der Waals surface area contributed by atoms with E-state index in [2.05, 4.69) is 11.4 Å². The number of benzene rings is 4. The molecule has 31 heavy (non-hydrogen) atoms. The number of fused-ring (bicyclic) bond motifs is 2. The molecule has 0 bridgehead atoms. The second-order valence-corrected chi connectivity index (χ2v) is 8.74. The van der Waals surface area contributed by atoms with Gasteiger partial charge in [0.2, 0.25) is 0 Å². The van der Waals surface area contributed by atoms with Crippen LogP contribution in [0.5, 0.6) is 5.75 Å². The van der Waals surface area contributed by atoms with Crippen LogP contribution in [0.1, 0.15) is 16.8 Å². The van der Waals surface area contributed by atoms with Gasteiger partial charge in [-0.1, -0.05) is 54.6 Å². The third-order valence-corrected chi connectivity index (χ3v) is 5.71. The fraction of sp³-hybridized carbons (Fsp3) is 0.125. The van der Waals surface area contributed by atoms with Crippen LogP contribution in [0.2, 0.25) is 0 Å². The van der Waals surface area contributed by atoms with Crippen molar-refractivity contribution in [3.8, 4) is 5.75 Å². The molecule has 0 aliphatic heterocycles. The number of ether oxygens (including phenoxy) is 1. The van der Waals surface area contributed by atoms with E-state index < -0.39 is 10.1 Å². The van der Waals surface area contributed by atoms with Crippen LogP contribution in [-0.4, -0.2) is 31.2 Å². The monoisotopic (exact) mass is 435 g/mol. The molecule has 0 aliphatic rings. The quantitative estimate of drug-likeness (QED) is 0.245. The van der Waals surface area contributed by atoms with Gasteiger partial charge in [0.25, 0.3) is 16.0 Å². The zero-order valence-electron chi connectivity index (χ0n) is 16.6. The van der Waals surface area contributed by atoms with Gasteiger partial charge in [0.05, 0.1) is 17.9 Å². The Balaban J connectivity index is 1.58. The molecule has 4 rings (SSSR count). The Kier molecular flexibility index (Phi) is 5.88. The van der Waals surface area contributed by atoms with Crippen LogP contribution in [0.15, 0.2) is 78.9 Å². The summed E-state index contributed by atoms with van der Waals surface area (Å²) in [6, 6.07) is 24.5. The van der Waals surface area contributed by atoms with Crippen LogP contribution in [0.25, 0.3) is 21.5 Å². The average Bonchev–Trinajstić information content (AvgIpc) is 2.74. The van der Waals surface area contributed by atoms with Crippen LogP contribution in [0.3, 0.4) is 0 Å². The summed E-state index contributed by atoms with van der Waals surface area (Å²) >= 11 is 0. The van der Waals surface area contributed by atoms with Gasteiger partial charge < -0.3 is 10.1 Å². The molecule has 0 heterocycles. The van der Waals surface area contributed by atoms with Crippen molar-refractivity contribution in [3.63, 3.8) is 0 Å². The van der Waals surface area contributed by atoms with Crippen LogP contribution < -0.4 is 10.1 Å². The highest BCUT2D eigenvalue weighted by molar-refractivity contribution is 7.85. The summed E-state index contributed by atoms with van der Waals surface area (Å²) in [7, 11) is -4.01. The maximum absolute atomic E-state index is 13.3. The van der Waals surface area contributed by atoms with E-state index in [0.717, 1.165) is 21.5 Å². The molecule has 1 amide bonds. The van der Waals surface area contributed by atoms with Gasteiger partial charge in [0.15, 0.2) is 0 Å². The Morgan fingerprint density at radius 1 is 0.871 bits per heavy atom. The zero-order valence-corrected chi connectivity index (χ0v) is 17.4. The van der Waals surface area contributed by atoms with E-state index in [1.165, 1.54) is 0 Å². The van der Waals surface area contributed by atoms with E-state index in [-0.39, 0.29) is 24.7 Å². The summed E-state index contributed by atoms with van der Waals surface area (Å²) in [5, 5.41) is 6.66. The van der Waals surface area contributed by atoms with Crippen molar-refractivity contribution in [1.29, 1.82) is 0 Å². The Hall–Kier alpha value is -3.42. The van der Waals surface area contributed by atoms with Gasteiger partial charge in [-0.05, 0) is 46.2 Å². The number of rotatable bonds is 7. The van der Waals surface area contributed by atoms with Crippen molar-refractivity contribution in [1.82, 2.24) is 0 Å². The number of carbonyl (C=O) groups is 1. The molecule has 0 radical (unpaired) electrons. The minimum atomic E-state index is -4.01. The zero-order chi connectivity index (χ0) is 21.8. The maximum Gasteiger partial charge on any atom is 0.264 e. The first kappa shape index (κ1) is 20.8. The number of carbonyl (C=O) groups excluding carboxylic acids is 1. The van der Waals surface area contributed by atoms with Gasteiger partial charge in [-0.15, -0.1) is 0 Å². The highest BCUT2D eigenvalue weighted by Gasteiger charge is 2.15. The lowest BCUT2D eigenvalue weighted by molar-refractivity contribution is 0.103. The second kappa shape index (κ2) is 8.75. The van der Waals surface area contributed by atoms with E-state index >= 15 is 0 Å². The molecule has 0 aliphatic carbocycles. The molecule has 0 unspecified atom stereocenters. The molecular formula is C24H21NO5S. The molecule has 158 valence electrons. The predicted octanol–water partition coefficient (Wildman–Crippen LogP) is 4.90. The number of amides is 1. The lowest BCUT2D eigenvalue weighted by Gasteiger charge is -2.13. The summed E-state index contributed by atoms with van der Waals surface area (Å²) in [5.74, 6) is -0.0927. The largest absolute Gasteiger partial charge is 0.493 e. The summed E-state index contributed by atoms with van der Waals surface area (Å²) < 4.78 is 35.9. The predicted molar refractivity (Wildman–Crippen MR) is 122 cm³/mol. The van der Waals surface area contributed by atoms with Crippen LogP contribution in [0, 0.1) is 0 Å². The number of hydrogen-bond donors (Lipinski definition) is 2. The third kappa shape index (κ3) is 5.02. The highest BCUT2D eigenvalue weighted by Crippen LogP contribution is 2.29. The Morgan fingerprint density at radius 2 is 1.52 bits per heavy atom. The van der Waals surface area contributed by atoms with Crippen molar-refractivity contribution < 1.29 is 22.5 Å². The molecule has 7 heteroatoms. The van der Waals surface area contributed by atoms with E-state index in [9.17, 15) is 13.2 Å². The van der Waals surface area contributed by atoms with Crippen molar-refractivity contribution in [2.45, 2.75) is 6.42 Å². The van der Waals surface area contributed by atoms with Crippen LogP contribution >= 0.6 is 0 Å². The number of nitrogens with one attached hydrogen (secondary N) is 1. The second-order valence-electron chi connectivity index (χ2n) is 7.16. The number of hydrogen-bond acceptors (Lipinski definition) is 4. The van der Waals surface area contributed by atoms with Gasteiger partial charge in [0, 0.05) is 11.8 Å². The third-order valence-electron chi connectivity index (χ3n) is 4.91. The molecule has 0 saturated heterocycles. The summed E-state index contributed by atoms with van der Waals surface area (Å²) in [4.78, 5) is 13.3. The van der Waals surface area contributed by atoms with E-state index in [1.54, 1.807) is 24.3 Å². The van der Waals surface area contributed by atoms with Gasteiger partial charge in [-0.3, -0.25) is 9.35 Å². The number of anilines is 1. The normalized spacial score (nSPS) is 11.5. The lowest BCUT2D eigenvalue weighted by atomic mass is 9.96. The van der Waals surface area contributed by atoms with Crippen molar-refractivity contribution >= 4 is 43.3 Å². The molecular weight excluding hydrogens is 414 g/mol. The Bertz CT molecular complexity index is 1310. The van der Waals surface area contributed by atoms with Gasteiger partial charge in [0.1, 0.15) is 5.75 Å². The molecule has 2 N–H and O–H groups in total. The first-order valence-corrected chi connectivity index (χ1v) is 11.4. The summed E-state index contributed by atoms with van der Waals surface area (Å²) in [6.45, 7) is 0.130. The molecule has 0 aromatic heterocycles. The minimum Gasteiger partial charge on any atom is -0.493 e. The first-order chi connectivity index (χ1) is 14.9. The molecule has 4 aromatic carbocycles. The van der Waals surface area contributed by atoms with Gasteiger partial charge in [-0.25, -0.2) is 0 Å². The first-order valence-electron chi connectivity index (χ1n) is 9.80. The minimum absolute atomic E-state index is 0.130. The summed E-state index contributed by atoms with van der Waals surface area (Å²) in [6.07, 6.45) is 0.164. The van der Waals surface area contributed by atoms with Crippen molar-refractivity contribution in [3.05, 3.63) is 84.4 Å². The Labute approximate surface area is 180 Å². The van der Waals surface area contributed by atoms with Crippen LogP contribution in [-0.2, 0) is 10.1 Å². The smallest absolute Gasteiger partial charge is 0.264 e. The lowest BCUT2D eigenvalue weighted by Crippen LogP contribution is -2.13. The SMILES string of the molecule is O=C(Nc1cccc(OCCCS(=O)(=O)O)c1)c1c2ccccc2cc2ccccc12. The van der Waals surface area contributed by atoms with Crippen LogP contribution in [0.4, 0.5) is 5.69 Å². The Morgan fingerprint density at radius 3 is 2.16 bits per heavy atom. The molecule has 0 spiro atoms. The molecule has 0 atom stereocenters. The molecule has 0 saturated carbocycles. The van der Waals surface area contributed by atoms with E-state index in [4.69, 9.17) is 9.29 Å². The highest BCUT2D eigenvalue weighted by atomic mass is 32.2. The standard InChI is InChI=1S/C24H21NO5S/c26-24(25-19-9-5-10-20(16-19)30-13-6-14-31(27,28)29)23-21-11-3-1-7-17(21)15-18-8-2-4-12-22(18)23/h1-5,7-12,15-16H,6,13-14H2,(H,25,26)(H,27,28,29). The average molecular weight is 436 g/mol. The van der Waals surface area contributed by atoms with Crippen molar-refractivity contribution in [2.75, 3.05) is 17.7 Å². The fourth-order valence-electron chi connectivity index (χ4n) is 3.55. The summed E-state index contributed by atoms with van der Waals surface area (Å²) in [5.41, 5.74) is 1.17. The molecule has 0 fully saturated rings. The van der Waals surface area contributed by atoms with E-state index in [0.29, 0.717) is 17.0 Å². The van der Waals surface area contributed by atoms with Gasteiger partial charge >= 0.3 is 0 Å². The van der Waals surface area contributed by atoms with Gasteiger partial charge in [-0.2, -0.15) is 8.42 Å². The molecule has 4 aromatic rings.